The summed E-state index contributed by atoms with van der Waals surface area (Å²) in [5, 5.41) is 0.571. The van der Waals surface area contributed by atoms with Crippen LogP contribution in [0.2, 0.25) is 5.02 Å². The summed E-state index contributed by atoms with van der Waals surface area (Å²) >= 11 is 6.16. The predicted octanol–water partition coefficient (Wildman–Crippen LogP) is 3.42. The first kappa shape index (κ1) is 15.2. The third-order valence-corrected chi connectivity index (χ3v) is 4.88. The lowest BCUT2D eigenvalue weighted by atomic mass is 10.1. The van der Waals surface area contributed by atoms with Crippen LogP contribution >= 0.6 is 11.6 Å². The molecule has 122 valence electrons. The Morgan fingerprint density at radius 3 is 2.42 bits per heavy atom. The van der Waals surface area contributed by atoms with Crippen molar-refractivity contribution in [3.8, 4) is 0 Å². The number of fused-ring (bicyclic) bond motifs is 1. The molecule has 0 bridgehead atoms. The molecule has 4 rings (SSSR count). The van der Waals surface area contributed by atoms with E-state index < -0.39 is 0 Å². The van der Waals surface area contributed by atoms with E-state index in [2.05, 4.69) is 0 Å². The lowest BCUT2D eigenvalue weighted by Crippen LogP contribution is -2.49. The molecular weight excluding hydrogens is 324 g/mol. The minimum absolute atomic E-state index is 0.0105. The lowest BCUT2D eigenvalue weighted by molar-refractivity contribution is -0.122. The summed E-state index contributed by atoms with van der Waals surface area (Å²) in [5.41, 5.74) is 2.42. The summed E-state index contributed by atoms with van der Waals surface area (Å²) in [4.78, 5) is 28.8. The Balaban J connectivity index is 1.65. The zero-order valence-corrected chi connectivity index (χ0v) is 13.9. The summed E-state index contributed by atoms with van der Waals surface area (Å²) < 4.78 is 0. The van der Waals surface area contributed by atoms with E-state index in [1.807, 2.05) is 47.4 Å². The number of nitrogens with zero attached hydrogens (tertiary/aromatic N) is 2. The average molecular weight is 341 g/mol. The molecule has 5 heteroatoms. The van der Waals surface area contributed by atoms with Gasteiger partial charge >= 0.3 is 0 Å². The van der Waals surface area contributed by atoms with Crippen LogP contribution in [-0.4, -0.2) is 24.4 Å². The number of halogens is 1. The van der Waals surface area contributed by atoms with E-state index >= 15 is 0 Å². The second-order valence-corrected chi connectivity index (χ2v) is 6.64. The summed E-state index contributed by atoms with van der Waals surface area (Å²) in [6.45, 7) is 0.0940. The Labute approximate surface area is 145 Å². The van der Waals surface area contributed by atoms with Crippen LogP contribution < -0.4 is 9.80 Å². The van der Waals surface area contributed by atoms with Crippen molar-refractivity contribution in [3.63, 3.8) is 0 Å². The first-order valence-corrected chi connectivity index (χ1v) is 8.48. The largest absolute Gasteiger partial charge is 0.306 e. The zero-order valence-electron chi connectivity index (χ0n) is 13.1. The molecule has 1 aliphatic heterocycles. The van der Waals surface area contributed by atoms with E-state index in [0.717, 1.165) is 29.8 Å². The normalized spacial score (nSPS) is 17.0. The molecule has 0 N–H and O–H groups in total. The standard InChI is InChI=1S/C19H17ClN2O2/c20-15-6-2-1-5-13(15)11-18(23)21-12-19(24)22(14-9-10-14)17-8-4-3-7-16(17)21/h1-8,14H,9-12H2. The van der Waals surface area contributed by atoms with E-state index in [0.29, 0.717) is 11.1 Å². The van der Waals surface area contributed by atoms with Crippen LogP contribution in [0.15, 0.2) is 48.5 Å². The Kier molecular flexibility index (Phi) is 3.77. The third-order valence-electron chi connectivity index (χ3n) is 4.51. The number of hydrogen-bond donors (Lipinski definition) is 0. The van der Waals surface area contributed by atoms with Crippen LogP contribution in [-0.2, 0) is 16.0 Å². The topological polar surface area (TPSA) is 40.6 Å². The molecule has 1 fully saturated rings. The van der Waals surface area contributed by atoms with Crippen LogP contribution in [0.25, 0.3) is 0 Å². The molecule has 0 atom stereocenters. The van der Waals surface area contributed by atoms with Gasteiger partial charge in [-0.3, -0.25) is 9.59 Å². The van der Waals surface area contributed by atoms with Gasteiger partial charge in [0.25, 0.3) is 0 Å². The Hall–Kier alpha value is -2.33. The van der Waals surface area contributed by atoms with Crippen LogP contribution in [0.4, 0.5) is 11.4 Å². The Morgan fingerprint density at radius 1 is 1.04 bits per heavy atom. The van der Waals surface area contributed by atoms with E-state index in [1.54, 1.807) is 11.0 Å². The molecule has 0 saturated heterocycles. The van der Waals surface area contributed by atoms with Gasteiger partial charge in [-0.25, -0.2) is 0 Å². The zero-order chi connectivity index (χ0) is 16.7. The van der Waals surface area contributed by atoms with Crippen LogP contribution in [0.3, 0.4) is 0 Å². The average Bonchev–Trinajstić information content (AvgIpc) is 3.41. The fourth-order valence-electron chi connectivity index (χ4n) is 3.18. The van der Waals surface area contributed by atoms with Gasteiger partial charge in [-0.1, -0.05) is 41.9 Å². The maximum Gasteiger partial charge on any atom is 0.247 e. The number of para-hydroxylation sites is 2. The van der Waals surface area contributed by atoms with E-state index in [-0.39, 0.29) is 24.8 Å². The highest BCUT2D eigenvalue weighted by Crippen LogP contribution is 2.40. The summed E-state index contributed by atoms with van der Waals surface area (Å²) in [7, 11) is 0. The Bertz CT molecular complexity index is 817. The number of carbonyl (C=O) groups is 2. The SMILES string of the molecule is O=C(Cc1ccccc1Cl)N1CC(=O)N(C2CC2)c2ccccc21. The predicted molar refractivity (Wildman–Crippen MR) is 94.5 cm³/mol. The first-order chi connectivity index (χ1) is 11.6. The summed E-state index contributed by atoms with van der Waals surface area (Å²) in [6, 6.07) is 15.2. The summed E-state index contributed by atoms with van der Waals surface area (Å²) in [5.74, 6) is -0.122. The fourth-order valence-corrected chi connectivity index (χ4v) is 3.39. The number of anilines is 2. The van der Waals surface area contributed by atoms with Crippen molar-refractivity contribution in [3.05, 3.63) is 59.1 Å². The minimum Gasteiger partial charge on any atom is -0.306 e. The second kappa shape index (κ2) is 5.95. The molecule has 0 unspecified atom stereocenters. The van der Waals surface area contributed by atoms with Gasteiger partial charge in [-0.05, 0) is 36.6 Å². The molecule has 2 amide bonds. The van der Waals surface area contributed by atoms with Crippen molar-refractivity contribution in [2.24, 2.45) is 0 Å². The number of amides is 2. The molecule has 2 aromatic carbocycles. The van der Waals surface area contributed by atoms with E-state index in [4.69, 9.17) is 11.6 Å². The monoisotopic (exact) mass is 340 g/mol. The molecule has 4 nitrogen and oxygen atoms in total. The highest BCUT2D eigenvalue weighted by Gasteiger charge is 2.40. The van der Waals surface area contributed by atoms with Crippen molar-refractivity contribution in [1.82, 2.24) is 0 Å². The number of rotatable bonds is 3. The second-order valence-electron chi connectivity index (χ2n) is 6.23. The highest BCUT2D eigenvalue weighted by atomic mass is 35.5. The molecule has 0 aromatic heterocycles. The molecular formula is C19H17ClN2O2. The fraction of sp³-hybridized carbons (Fsp3) is 0.263. The van der Waals surface area contributed by atoms with Crippen molar-refractivity contribution >= 4 is 34.8 Å². The van der Waals surface area contributed by atoms with Gasteiger partial charge in [-0.2, -0.15) is 0 Å². The van der Waals surface area contributed by atoms with Gasteiger partial charge in [0.05, 0.1) is 17.8 Å². The third kappa shape index (κ3) is 2.67. The number of benzene rings is 2. The molecule has 24 heavy (non-hydrogen) atoms. The molecule has 2 aromatic rings. The maximum atomic E-state index is 12.8. The van der Waals surface area contributed by atoms with Crippen molar-refractivity contribution in [2.45, 2.75) is 25.3 Å². The number of hydrogen-bond acceptors (Lipinski definition) is 2. The van der Waals surface area contributed by atoms with Crippen molar-refractivity contribution in [1.29, 1.82) is 0 Å². The van der Waals surface area contributed by atoms with E-state index in [1.165, 1.54) is 0 Å². The van der Waals surface area contributed by atoms with Crippen LogP contribution in [0, 0.1) is 0 Å². The molecule has 1 saturated carbocycles. The molecule has 0 spiro atoms. The number of carbonyl (C=O) groups excluding carboxylic acids is 2. The van der Waals surface area contributed by atoms with Gasteiger partial charge in [0.1, 0.15) is 6.54 Å². The lowest BCUT2D eigenvalue weighted by Gasteiger charge is -2.36. The van der Waals surface area contributed by atoms with Gasteiger partial charge in [-0.15, -0.1) is 0 Å². The van der Waals surface area contributed by atoms with Gasteiger partial charge in [0.2, 0.25) is 11.8 Å². The molecule has 0 radical (unpaired) electrons. The maximum absolute atomic E-state index is 12.8. The summed E-state index contributed by atoms with van der Waals surface area (Å²) in [6.07, 6.45) is 2.26. The van der Waals surface area contributed by atoms with Gasteiger partial charge in [0.15, 0.2) is 0 Å². The van der Waals surface area contributed by atoms with E-state index in [9.17, 15) is 9.59 Å². The van der Waals surface area contributed by atoms with Crippen molar-refractivity contribution in [2.75, 3.05) is 16.3 Å². The smallest absolute Gasteiger partial charge is 0.247 e. The highest BCUT2D eigenvalue weighted by molar-refractivity contribution is 6.31. The van der Waals surface area contributed by atoms with Crippen molar-refractivity contribution < 1.29 is 9.59 Å². The quantitative estimate of drug-likeness (QED) is 0.859. The molecule has 1 aliphatic carbocycles. The molecule has 2 aliphatic rings. The van der Waals surface area contributed by atoms with Crippen LogP contribution in [0.5, 0.6) is 0 Å². The van der Waals surface area contributed by atoms with Gasteiger partial charge in [0, 0.05) is 11.1 Å². The minimum atomic E-state index is -0.112. The van der Waals surface area contributed by atoms with Crippen LogP contribution in [0.1, 0.15) is 18.4 Å². The van der Waals surface area contributed by atoms with Gasteiger partial charge < -0.3 is 9.80 Å². The first-order valence-electron chi connectivity index (χ1n) is 8.10. The Morgan fingerprint density at radius 2 is 1.71 bits per heavy atom. The molecule has 1 heterocycles.